The predicted molar refractivity (Wildman–Crippen MR) is 197 cm³/mol. The minimum atomic E-state index is -0.745. The fourth-order valence-corrected chi connectivity index (χ4v) is 2.16. The Balaban J connectivity index is -0.0000000741. The van der Waals surface area contributed by atoms with Gasteiger partial charge in [0.05, 0.1) is 39.6 Å². The molecule has 0 unspecified atom stereocenters. The molecule has 0 rings (SSSR count). The van der Waals surface area contributed by atoms with E-state index in [1.165, 1.54) is 0 Å². The lowest BCUT2D eigenvalue weighted by molar-refractivity contribution is -0.138. The van der Waals surface area contributed by atoms with Gasteiger partial charge in [-0.3, -0.25) is 38.6 Å². The zero-order valence-corrected chi connectivity index (χ0v) is 32.6. The predicted octanol–water partition coefficient (Wildman–Crippen LogP) is 0.587. The van der Waals surface area contributed by atoms with Crippen LogP contribution in [0.4, 0.5) is 0 Å². The molecule has 0 atom stereocenters. The van der Waals surface area contributed by atoms with Crippen LogP contribution in [0, 0.1) is 0 Å². The van der Waals surface area contributed by atoms with Crippen molar-refractivity contribution >= 4 is 35.8 Å². The number of carboxylic acids is 6. The highest BCUT2D eigenvalue weighted by molar-refractivity contribution is 5.67. The maximum Gasteiger partial charge on any atom is 0.303 e. The van der Waals surface area contributed by atoms with E-state index in [0.717, 1.165) is 19.3 Å². The minimum Gasteiger partial charge on any atom is -0.481 e. The van der Waals surface area contributed by atoms with Gasteiger partial charge in [0.25, 0.3) is 0 Å². The van der Waals surface area contributed by atoms with Crippen molar-refractivity contribution in [2.75, 3.05) is 78.9 Å². The van der Waals surface area contributed by atoms with Crippen molar-refractivity contribution in [3.05, 3.63) is 0 Å². The van der Waals surface area contributed by atoms with Gasteiger partial charge < -0.3 is 61.3 Å². The summed E-state index contributed by atoms with van der Waals surface area (Å²) < 4.78 is 0. The number of nitrogens with zero attached hydrogens (tertiary/aromatic N) is 2. The van der Waals surface area contributed by atoms with Gasteiger partial charge in [-0.25, -0.2) is 0 Å². The van der Waals surface area contributed by atoms with Crippen LogP contribution in [0.1, 0.15) is 99.3 Å². The molecule has 0 aromatic carbocycles. The van der Waals surface area contributed by atoms with Crippen LogP contribution in [0.2, 0.25) is 0 Å². The van der Waals surface area contributed by atoms with Crippen LogP contribution in [0.3, 0.4) is 0 Å². The molecule has 0 aromatic heterocycles. The van der Waals surface area contributed by atoms with E-state index >= 15 is 0 Å². The molecule has 322 valence electrons. The van der Waals surface area contributed by atoms with Gasteiger partial charge >= 0.3 is 35.8 Å². The molecular formula is C33H72N2O18. The SMILES string of the molecule is CCC(=O)O.CCC(=O)O.CCC(=O)O.CCCC(=O)O.CCCC(=O)O.CCCC(=O)O.OCCN(CCO)CCO.OCCN(CCO)CCO. The van der Waals surface area contributed by atoms with Gasteiger partial charge in [0, 0.05) is 77.8 Å². The van der Waals surface area contributed by atoms with E-state index < -0.39 is 35.8 Å². The van der Waals surface area contributed by atoms with Crippen LogP contribution in [0.25, 0.3) is 0 Å². The highest BCUT2D eigenvalue weighted by Crippen LogP contribution is 1.86. The van der Waals surface area contributed by atoms with Gasteiger partial charge in [-0.05, 0) is 19.3 Å². The zero-order valence-electron chi connectivity index (χ0n) is 32.6. The summed E-state index contributed by atoms with van der Waals surface area (Å²) in [4.78, 5) is 60.5. The fourth-order valence-electron chi connectivity index (χ4n) is 2.16. The Kier molecular flexibility index (Phi) is 81.0. The van der Waals surface area contributed by atoms with Gasteiger partial charge in [-0.1, -0.05) is 41.5 Å². The number of aliphatic hydroxyl groups is 6. The molecule has 0 bridgehead atoms. The summed E-state index contributed by atoms with van der Waals surface area (Å²) in [6, 6.07) is 0. The maximum atomic E-state index is 9.60. The van der Waals surface area contributed by atoms with Crippen LogP contribution in [-0.2, 0) is 28.8 Å². The lowest BCUT2D eigenvalue weighted by Crippen LogP contribution is -2.32. The van der Waals surface area contributed by atoms with Crippen molar-refractivity contribution in [1.82, 2.24) is 9.80 Å². The van der Waals surface area contributed by atoms with E-state index in [2.05, 4.69) is 0 Å². The topological polar surface area (TPSA) is 352 Å². The molecule has 0 aromatic rings. The summed E-state index contributed by atoms with van der Waals surface area (Å²) in [6.45, 7) is 13.8. The average molecular weight is 785 g/mol. The van der Waals surface area contributed by atoms with Gasteiger partial charge in [0.2, 0.25) is 0 Å². The Bertz CT molecular complexity index is 671. The summed E-state index contributed by atoms with van der Waals surface area (Å²) in [5.41, 5.74) is 0. The molecule has 0 amide bonds. The average Bonchev–Trinajstić information content (AvgIpc) is 3.07. The fraction of sp³-hybridized carbons (Fsp3) is 0.818. The minimum absolute atomic E-state index is 0.0694. The quantitative estimate of drug-likeness (QED) is 0.0757. The van der Waals surface area contributed by atoms with E-state index in [0.29, 0.717) is 58.5 Å². The van der Waals surface area contributed by atoms with Crippen molar-refractivity contribution in [3.8, 4) is 0 Å². The van der Waals surface area contributed by atoms with Gasteiger partial charge in [-0.2, -0.15) is 0 Å². The lowest BCUT2D eigenvalue weighted by atomic mass is 10.4. The Morgan fingerprint density at radius 3 is 0.491 bits per heavy atom. The second kappa shape index (κ2) is 63.5. The number of rotatable bonds is 21. The third-order valence-electron chi connectivity index (χ3n) is 4.80. The molecule has 0 spiro atoms. The second-order valence-electron chi connectivity index (χ2n) is 9.70. The van der Waals surface area contributed by atoms with Crippen molar-refractivity contribution < 1.29 is 90.0 Å². The molecule has 0 aliphatic heterocycles. The van der Waals surface area contributed by atoms with E-state index in [9.17, 15) is 28.8 Å². The molecule has 0 saturated heterocycles. The number of aliphatic carboxylic acids is 6. The van der Waals surface area contributed by atoms with E-state index in [1.807, 2.05) is 20.8 Å². The molecule has 0 aliphatic carbocycles. The summed E-state index contributed by atoms with van der Waals surface area (Å²) in [6.07, 6.45) is 3.74. The number of hydrogen-bond donors (Lipinski definition) is 12. The smallest absolute Gasteiger partial charge is 0.303 e. The number of carboxylic acid groups (broad SMARTS) is 6. The number of aliphatic hydroxyl groups excluding tert-OH is 6. The molecule has 0 aliphatic rings. The van der Waals surface area contributed by atoms with Gasteiger partial charge in [0.1, 0.15) is 0 Å². The summed E-state index contributed by atoms with van der Waals surface area (Å²) in [5, 5.41) is 97.8. The maximum absolute atomic E-state index is 9.60. The van der Waals surface area contributed by atoms with Crippen molar-refractivity contribution in [2.45, 2.75) is 99.3 Å². The molecule has 12 N–H and O–H groups in total. The largest absolute Gasteiger partial charge is 0.481 e. The molecule has 0 fully saturated rings. The van der Waals surface area contributed by atoms with Gasteiger partial charge in [0.15, 0.2) is 0 Å². The monoisotopic (exact) mass is 784 g/mol. The lowest BCUT2D eigenvalue weighted by Gasteiger charge is -2.17. The molecule has 0 saturated carbocycles. The van der Waals surface area contributed by atoms with E-state index in [1.54, 1.807) is 30.6 Å². The van der Waals surface area contributed by atoms with Crippen molar-refractivity contribution in [1.29, 1.82) is 0 Å². The third-order valence-corrected chi connectivity index (χ3v) is 4.80. The molecule has 0 heterocycles. The van der Waals surface area contributed by atoms with Crippen molar-refractivity contribution in [2.24, 2.45) is 0 Å². The molecular weight excluding hydrogens is 712 g/mol. The Hall–Kier alpha value is -3.50. The van der Waals surface area contributed by atoms with Crippen LogP contribution >= 0.6 is 0 Å². The first kappa shape index (κ1) is 67.6. The summed E-state index contributed by atoms with van der Waals surface area (Å²) in [7, 11) is 0. The first-order valence-corrected chi connectivity index (χ1v) is 17.2. The van der Waals surface area contributed by atoms with Crippen LogP contribution in [0.15, 0.2) is 0 Å². The first-order valence-electron chi connectivity index (χ1n) is 17.2. The Labute approximate surface area is 313 Å². The normalized spacial score (nSPS) is 8.94. The van der Waals surface area contributed by atoms with E-state index in [-0.39, 0.29) is 58.9 Å². The van der Waals surface area contributed by atoms with E-state index in [4.69, 9.17) is 61.3 Å². The molecule has 53 heavy (non-hydrogen) atoms. The van der Waals surface area contributed by atoms with Crippen molar-refractivity contribution in [3.63, 3.8) is 0 Å². The third kappa shape index (κ3) is 121. The Morgan fingerprint density at radius 1 is 0.321 bits per heavy atom. The molecule has 20 nitrogen and oxygen atoms in total. The standard InChI is InChI=1S/2C6H15NO3.3C4H8O2.3C3H6O2/c2*8-4-1-7(2-5-9)3-6-10;3*1-2-3-4(5)6;3*1-2-3(4)5/h2*8-10H,1-6H2;3*2-3H2,1H3,(H,5,6);3*2H2,1H3,(H,4,5). The highest BCUT2D eigenvalue weighted by atomic mass is 16.4. The molecule has 0 radical (unpaired) electrons. The second-order valence-corrected chi connectivity index (χ2v) is 9.70. The molecule has 20 heteroatoms. The summed E-state index contributed by atoms with van der Waals surface area (Å²) in [5.74, 6) is -4.37. The highest BCUT2D eigenvalue weighted by Gasteiger charge is 2.01. The van der Waals surface area contributed by atoms with Crippen LogP contribution in [-0.4, -0.2) is 186 Å². The summed E-state index contributed by atoms with van der Waals surface area (Å²) >= 11 is 0. The Morgan fingerprint density at radius 2 is 0.453 bits per heavy atom. The van der Waals surface area contributed by atoms with Crippen LogP contribution in [0.5, 0.6) is 0 Å². The van der Waals surface area contributed by atoms with Crippen LogP contribution < -0.4 is 0 Å². The van der Waals surface area contributed by atoms with Gasteiger partial charge in [-0.15, -0.1) is 0 Å². The number of carbonyl (C=O) groups is 6. The zero-order chi connectivity index (χ0) is 43.5. The first-order chi connectivity index (χ1) is 24.8. The number of hydrogen-bond acceptors (Lipinski definition) is 14.